The second-order valence-corrected chi connectivity index (χ2v) is 6.71. The number of rotatable bonds is 6. The summed E-state index contributed by atoms with van der Waals surface area (Å²) in [6, 6.07) is 14.2. The lowest BCUT2D eigenvalue weighted by Crippen LogP contribution is -2.21. The number of carboxylic acid groups (broad SMARTS) is 1. The lowest BCUT2D eigenvalue weighted by molar-refractivity contribution is -0.192. The molecule has 2 N–H and O–H groups in total. The Kier molecular flexibility index (Phi) is 8.30. The fourth-order valence-corrected chi connectivity index (χ4v) is 2.72. The van der Waals surface area contributed by atoms with Gasteiger partial charge in [0.1, 0.15) is 17.3 Å². The van der Waals surface area contributed by atoms with Crippen LogP contribution in [0.25, 0.3) is 5.69 Å². The molecule has 1 unspecified atom stereocenters. The molecule has 0 bridgehead atoms. The molecule has 3 rings (SSSR count). The lowest BCUT2D eigenvalue weighted by Gasteiger charge is -2.13. The van der Waals surface area contributed by atoms with Gasteiger partial charge in [-0.05, 0) is 55.8 Å². The Bertz CT molecular complexity index is 1040. The van der Waals surface area contributed by atoms with E-state index in [0.717, 1.165) is 28.4 Å². The van der Waals surface area contributed by atoms with E-state index in [1.54, 1.807) is 23.9 Å². The first-order valence-corrected chi connectivity index (χ1v) is 9.37. The quantitative estimate of drug-likeness (QED) is 0.543. The zero-order valence-corrected chi connectivity index (χ0v) is 17.5. The van der Waals surface area contributed by atoms with Crippen molar-refractivity contribution in [2.75, 3.05) is 7.11 Å². The zero-order valence-electron chi connectivity index (χ0n) is 17.5. The maximum Gasteiger partial charge on any atom is 0.490 e. The smallest absolute Gasteiger partial charge is 0.490 e. The molecule has 0 radical (unpaired) electrons. The van der Waals surface area contributed by atoms with Gasteiger partial charge in [0, 0.05) is 6.54 Å². The van der Waals surface area contributed by atoms with Gasteiger partial charge >= 0.3 is 12.1 Å². The summed E-state index contributed by atoms with van der Waals surface area (Å²) in [5, 5.41) is 19.1. The van der Waals surface area contributed by atoms with Crippen LogP contribution in [-0.2, 0) is 11.3 Å². The molecule has 1 atom stereocenters. The van der Waals surface area contributed by atoms with Crippen molar-refractivity contribution in [2.45, 2.75) is 32.6 Å². The van der Waals surface area contributed by atoms with Gasteiger partial charge in [0.05, 0.1) is 24.5 Å². The van der Waals surface area contributed by atoms with Crippen molar-refractivity contribution < 1.29 is 32.2 Å². The predicted octanol–water partition coefficient (Wildman–Crippen LogP) is 4.21. The SMILES string of the molecule is COc1cccc(CNC(C)c2nnn(-c3ccc(F)cc3)c2C)c1.O=C(O)C(F)(F)F. The minimum atomic E-state index is -5.08. The number of benzene rings is 2. The van der Waals surface area contributed by atoms with E-state index < -0.39 is 12.1 Å². The highest BCUT2D eigenvalue weighted by atomic mass is 19.4. The summed E-state index contributed by atoms with van der Waals surface area (Å²) in [7, 11) is 1.66. The van der Waals surface area contributed by atoms with Gasteiger partial charge in [-0.25, -0.2) is 13.9 Å². The van der Waals surface area contributed by atoms with Crippen LogP contribution < -0.4 is 10.1 Å². The van der Waals surface area contributed by atoms with Crippen LogP contribution >= 0.6 is 0 Å². The van der Waals surface area contributed by atoms with Crippen molar-refractivity contribution in [2.24, 2.45) is 0 Å². The summed E-state index contributed by atoms with van der Waals surface area (Å²) in [6.07, 6.45) is -5.08. The Labute approximate surface area is 181 Å². The standard InChI is InChI=1S/C19H21FN4O.C2HF3O2/c1-13(21-12-15-5-4-6-18(11-15)25-3)19-14(2)24(23-22-19)17-9-7-16(20)8-10-17;3-2(4,5)1(6)7/h4-11,13,21H,12H2,1-3H3;(H,6,7). The molecule has 3 aromatic rings. The van der Waals surface area contributed by atoms with Crippen LogP contribution in [0, 0.1) is 12.7 Å². The molecule has 7 nitrogen and oxygen atoms in total. The van der Waals surface area contributed by atoms with Crippen molar-refractivity contribution in [1.29, 1.82) is 0 Å². The van der Waals surface area contributed by atoms with Crippen molar-refractivity contribution >= 4 is 5.97 Å². The molecule has 0 aliphatic heterocycles. The number of hydrogen-bond donors (Lipinski definition) is 2. The first kappa shape index (κ1) is 24.8. The van der Waals surface area contributed by atoms with Crippen LogP contribution in [0.15, 0.2) is 48.5 Å². The number of nitrogens with one attached hydrogen (secondary N) is 1. The van der Waals surface area contributed by atoms with Crippen molar-refractivity contribution in [3.05, 3.63) is 71.3 Å². The number of methoxy groups -OCH3 is 1. The highest BCUT2D eigenvalue weighted by Gasteiger charge is 2.38. The van der Waals surface area contributed by atoms with Gasteiger partial charge in [0.15, 0.2) is 0 Å². The number of alkyl halides is 3. The van der Waals surface area contributed by atoms with E-state index in [1.807, 2.05) is 38.1 Å². The van der Waals surface area contributed by atoms with Gasteiger partial charge in [0.25, 0.3) is 0 Å². The Morgan fingerprint density at radius 3 is 2.41 bits per heavy atom. The summed E-state index contributed by atoms with van der Waals surface area (Å²) in [5.74, 6) is -2.19. The van der Waals surface area contributed by atoms with Crippen LogP contribution in [0.1, 0.15) is 29.9 Å². The first-order chi connectivity index (χ1) is 15.0. The molecule has 32 heavy (non-hydrogen) atoms. The Balaban J connectivity index is 0.000000451. The van der Waals surface area contributed by atoms with Crippen LogP contribution in [0.5, 0.6) is 5.75 Å². The molecule has 0 aliphatic carbocycles. The van der Waals surface area contributed by atoms with E-state index >= 15 is 0 Å². The molecule has 2 aromatic carbocycles. The number of ether oxygens (including phenoxy) is 1. The second kappa shape index (κ2) is 10.7. The Hall–Kier alpha value is -3.47. The third-order valence-corrected chi connectivity index (χ3v) is 4.40. The highest BCUT2D eigenvalue weighted by molar-refractivity contribution is 5.73. The maximum absolute atomic E-state index is 13.1. The largest absolute Gasteiger partial charge is 0.497 e. The molecule has 1 aromatic heterocycles. The first-order valence-electron chi connectivity index (χ1n) is 9.37. The normalized spacial score (nSPS) is 12.0. The summed E-state index contributed by atoms with van der Waals surface area (Å²) >= 11 is 0. The molecular formula is C21H22F4N4O3. The second-order valence-electron chi connectivity index (χ2n) is 6.71. The minimum absolute atomic E-state index is 0.0281. The van der Waals surface area contributed by atoms with Gasteiger partial charge in [0.2, 0.25) is 0 Å². The molecule has 0 aliphatic rings. The minimum Gasteiger partial charge on any atom is -0.497 e. The topological polar surface area (TPSA) is 89.3 Å². The third-order valence-electron chi connectivity index (χ3n) is 4.40. The van der Waals surface area contributed by atoms with Crippen molar-refractivity contribution in [1.82, 2.24) is 20.3 Å². The van der Waals surface area contributed by atoms with Gasteiger partial charge < -0.3 is 15.2 Å². The van der Waals surface area contributed by atoms with Crippen LogP contribution in [0.3, 0.4) is 0 Å². The van der Waals surface area contributed by atoms with E-state index in [-0.39, 0.29) is 11.9 Å². The Morgan fingerprint density at radius 2 is 1.84 bits per heavy atom. The molecule has 0 saturated carbocycles. The number of aliphatic carboxylic acids is 1. The fraction of sp³-hybridized carbons (Fsp3) is 0.286. The number of nitrogens with zero attached hydrogens (tertiary/aromatic N) is 3. The van der Waals surface area contributed by atoms with Gasteiger partial charge in [-0.2, -0.15) is 13.2 Å². The van der Waals surface area contributed by atoms with Gasteiger partial charge in [-0.3, -0.25) is 0 Å². The van der Waals surface area contributed by atoms with E-state index in [0.29, 0.717) is 6.54 Å². The average Bonchev–Trinajstić information content (AvgIpc) is 3.14. The molecule has 0 spiro atoms. The number of hydrogen-bond acceptors (Lipinski definition) is 5. The molecule has 0 amide bonds. The number of halogens is 4. The maximum atomic E-state index is 13.1. The molecular weight excluding hydrogens is 432 g/mol. The van der Waals surface area contributed by atoms with Gasteiger partial charge in [-0.1, -0.05) is 17.3 Å². The summed E-state index contributed by atoms with van der Waals surface area (Å²) in [4.78, 5) is 8.90. The Morgan fingerprint density at radius 1 is 1.22 bits per heavy atom. The van der Waals surface area contributed by atoms with Crippen molar-refractivity contribution in [3.63, 3.8) is 0 Å². The summed E-state index contributed by atoms with van der Waals surface area (Å²) in [6.45, 7) is 4.70. The number of carbonyl (C=O) groups is 1. The van der Waals surface area contributed by atoms with E-state index in [2.05, 4.69) is 15.6 Å². The lowest BCUT2D eigenvalue weighted by atomic mass is 10.1. The van der Waals surface area contributed by atoms with E-state index in [1.165, 1.54) is 12.1 Å². The number of aromatic nitrogens is 3. The van der Waals surface area contributed by atoms with Crippen LogP contribution in [-0.4, -0.2) is 39.4 Å². The molecule has 0 fully saturated rings. The summed E-state index contributed by atoms with van der Waals surface area (Å²) < 4.78 is 51.8. The molecule has 1 heterocycles. The van der Waals surface area contributed by atoms with Gasteiger partial charge in [-0.15, -0.1) is 5.10 Å². The van der Waals surface area contributed by atoms with Crippen LogP contribution in [0.2, 0.25) is 0 Å². The number of carboxylic acids is 1. The van der Waals surface area contributed by atoms with Crippen LogP contribution in [0.4, 0.5) is 17.6 Å². The highest BCUT2D eigenvalue weighted by Crippen LogP contribution is 2.19. The fourth-order valence-electron chi connectivity index (χ4n) is 2.72. The van der Waals surface area contributed by atoms with Crippen molar-refractivity contribution in [3.8, 4) is 11.4 Å². The van der Waals surface area contributed by atoms with E-state index in [4.69, 9.17) is 14.6 Å². The monoisotopic (exact) mass is 454 g/mol. The molecule has 172 valence electrons. The predicted molar refractivity (Wildman–Crippen MR) is 108 cm³/mol. The van der Waals surface area contributed by atoms with E-state index in [9.17, 15) is 17.6 Å². The summed E-state index contributed by atoms with van der Waals surface area (Å²) in [5.41, 5.74) is 3.72. The zero-order chi connectivity index (χ0) is 23.9. The average molecular weight is 454 g/mol. The molecule has 11 heteroatoms. The third kappa shape index (κ3) is 6.77. The molecule has 0 saturated heterocycles.